The molecular formula is C10H18O5. The molecule has 0 aromatic rings. The highest BCUT2D eigenvalue weighted by molar-refractivity contribution is 5.86. The lowest BCUT2D eigenvalue weighted by Crippen LogP contribution is -2.22. The second-order valence-corrected chi connectivity index (χ2v) is 3.36. The molecule has 1 rings (SSSR count). The Morgan fingerprint density at radius 1 is 1.73 bits per heavy atom. The summed E-state index contributed by atoms with van der Waals surface area (Å²) < 4.78 is 9.22. The van der Waals surface area contributed by atoms with Gasteiger partial charge in [-0.1, -0.05) is 6.58 Å². The topological polar surface area (TPSA) is 79.3 Å². The van der Waals surface area contributed by atoms with Crippen LogP contribution >= 0.6 is 0 Å². The zero-order valence-electron chi connectivity index (χ0n) is 9.10. The van der Waals surface area contributed by atoms with Crippen molar-refractivity contribution in [3.8, 4) is 0 Å². The number of hydrogen-bond donors (Lipinski definition) is 2. The number of carbonyl (C=O) groups is 1. The molecule has 2 unspecified atom stereocenters. The predicted octanol–water partition coefficient (Wildman–Crippen LogP) is -0.136. The molecular weight excluding hydrogens is 200 g/mol. The summed E-state index contributed by atoms with van der Waals surface area (Å²) in [5, 5.41) is 17.1. The van der Waals surface area contributed by atoms with E-state index in [4.69, 9.17) is 14.9 Å². The summed E-state index contributed by atoms with van der Waals surface area (Å²) in [6.45, 7) is 7.28. The number of carbonyl (C=O) groups excluding carboxylic acids is 1. The Hall–Kier alpha value is -0.910. The van der Waals surface area contributed by atoms with E-state index in [0.29, 0.717) is 6.10 Å². The van der Waals surface area contributed by atoms with Gasteiger partial charge < -0.3 is 19.7 Å². The van der Waals surface area contributed by atoms with Gasteiger partial charge in [-0.3, -0.25) is 0 Å². The Morgan fingerprint density at radius 3 is 2.47 bits per heavy atom. The summed E-state index contributed by atoms with van der Waals surface area (Å²) in [6, 6.07) is 0. The molecule has 1 aliphatic rings. The second kappa shape index (κ2) is 7.39. The highest BCUT2D eigenvalue weighted by Crippen LogP contribution is 2.04. The number of ether oxygens (including phenoxy) is 2. The van der Waals surface area contributed by atoms with Crippen LogP contribution in [0, 0.1) is 0 Å². The summed E-state index contributed by atoms with van der Waals surface area (Å²) in [5.41, 5.74) is 0.273. The number of rotatable bonds is 4. The van der Waals surface area contributed by atoms with Crippen molar-refractivity contribution in [2.75, 3.05) is 19.8 Å². The van der Waals surface area contributed by atoms with E-state index in [9.17, 15) is 4.79 Å². The summed E-state index contributed by atoms with van der Waals surface area (Å²) in [6.07, 6.45) is -0.418. The molecule has 0 aliphatic carbocycles. The van der Waals surface area contributed by atoms with Crippen LogP contribution in [-0.2, 0) is 14.3 Å². The molecule has 1 aliphatic heterocycles. The SMILES string of the molecule is C=C(C)C(=O)OCC(O)CO.CC1CO1. The maximum atomic E-state index is 10.6. The van der Waals surface area contributed by atoms with Crippen molar-refractivity contribution in [3.63, 3.8) is 0 Å². The quantitative estimate of drug-likeness (QED) is 0.390. The maximum Gasteiger partial charge on any atom is 0.333 e. The summed E-state index contributed by atoms with van der Waals surface area (Å²) in [5.74, 6) is -0.558. The molecule has 1 fully saturated rings. The Balaban J connectivity index is 0.000000401. The van der Waals surface area contributed by atoms with E-state index in [0.717, 1.165) is 6.61 Å². The van der Waals surface area contributed by atoms with Crippen molar-refractivity contribution in [2.45, 2.75) is 26.1 Å². The van der Waals surface area contributed by atoms with Gasteiger partial charge in [0.25, 0.3) is 0 Å². The molecule has 0 aromatic carbocycles. The van der Waals surface area contributed by atoms with Crippen molar-refractivity contribution in [1.29, 1.82) is 0 Å². The minimum absolute atomic E-state index is 0.192. The third-order valence-corrected chi connectivity index (χ3v) is 1.47. The van der Waals surface area contributed by atoms with E-state index in [1.54, 1.807) is 0 Å². The van der Waals surface area contributed by atoms with Gasteiger partial charge in [-0.05, 0) is 13.8 Å². The summed E-state index contributed by atoms with van der Waals surface area (Å²) in [7, 11) is 0. The smallest absolute Gasteiger partial charge is 0.333 e. The minimum Gasteiger partial charge on any atom is -0.460 e. The molecule has 0 amide bonds. The minimum atomic E-state index is -1.00. The van der Waals surface area contributed by atoms with Gasteiger partial charge in [0.15, 0.2) is 0 Å². The lowest BCUT2D eigenvalue weighted by atomic mass is 10.3. The summed E-state index contributed by atoms with van der Waals surface area (Å²) >= 11 is 0. The van der Waals surface area contributed by atoms with Crippen LogP contribution in [0.15, 0.2) is 12.2 Å². The number of aliphatic hydroxyl groups is 2. The van der Waals surface area contributed by atoms with Crippen molar-refractivity contribution >= 4 is 5.97 Å². The van der Waals surface area contributed by atoms with Crippen molar-refractivity contribution in [1.82, 2.24) is 0 Å². The normalized spacial score (nSPS) is 19.6. The first-order valence-corrected chi connectivity index (χ1v) is 4.70. The van der Waals surface area contributed by atoms with Crippen molar-refractivity contribution in [2.24, 2.45) is 0 Å². The molecule has 5 nitrogen and oxygen atoms in total. The van der Waals surface area contributed by atoms with Crippen LogP contribution in [0.25, 0.3) is 0 Å². The number of esters is 1. The van der Waals surface area contributed by atoms with Gasteiger partial charge >= 0.3 is 5.97 Å². The highest BCUT2D eigenvalue weighted by Gasteiger charge is 2.13. The van der Waals surface area contributed by atoms with Gasteiger partial charge in [-0.15, -0.1) is 0 Å². The fraction of sp³-hybridized carbons (Fsp3) is 0.700. The number of aliphatic hydroxyl groups excluding tert-OH is 2. The number of hydrogen-bond acceptors (Lipinski definition) is 5. The average Bonchev–Trinajstić information content (AvgIpc) is 2.97. The third-order valence-electron chi connectivity index (χ3n) is 1.47. The van der Waals surface area contributed by atoms with Crippen LogP contribution in [0.1, 0.15) is 13.8 Å². The van der Waals surface area contributed by atoms with Crippen LogP contribution in [0.3, 0.4) is 0 Å². The molecule has 1 heterocycles. The third kappa shape index (κ3) is 9.40. The molecule has 0 bridgehead atoms. The zero-order chi connectivity index (χ0) is 11.8. The van der Waals surface area contributed by atoms with E-state index in [-0.39, 0.29) is 12.2 Å². The van der Waals surface area contributed by atoms with Crippen LogP contribution in [0.4, 0.5) is 0 Å². The van der Waals surface area contributed by atoms with Gasteiger partial charge in [0.1, 0.15) is 12.7 Å². The molecule has 88 valence electrons. The van der Waals surface area contributed by atoms with Gasteiger partial charge in [0.2, 0.25) is 0 Å². The second-order valence-electron chi connectivity index (χ2n) is 3.36. The number of epoxide rings is 1. The fourth-order valence-electron chi connectivity index (χ4n) is 0.444. The Morgan fingerprint density at radius 2 is 2.20 bits per heavy atom. The molecule has 15 heavy (non-hydrogen) atoms. The molecule has 1 saturated heterocycles. The lowest BCUT2D eigenvalue weighted by molar-refractivity contribution is -0.142. The molecule has 5 heteroatoms. The molecule has 0 radical (unpaired) electrons. The fourth-order valence-corrected chi connectivity index (χ4v) is 0.444. The van der Waals surface area contributed by atoms with Gasteiger partial charge in [0, 0.05) is 5.57 Å². The van der Waals surface area contributed by atoms with Crippen LogP contribution in [-0.4, -0.2) is 48.2 Å². The van der Waals surface area contributed by atoms with Crippen LogP contribution in [0.2, 0.25) is 0 Å². The molecule has 2 N–H and O–H groups in total. The Labute approximate surface area is 89.3 Å². The highest BCUT2D eigenvalue weighted by atomic mass is 16.6. The van der Waals surface area contributed by atoms with E-state index in [1.807, 2.05) is 0 Å². The Kier molecular flexibility index (Phi) is 6.94. The first-order valence-electron chi connectivity index (χ1n) is 4.70. The van der Waals surface area contributed by atoms with E-state index in [2.05, 4.69) is 18.2 Å². The molecule has 0 spiro atoms. The maximum absolute atomic E-state index is 10.6. The molecule has 0 aromatic heterocycles. The van der Waals surface area contributed by atoms with E-state index in [1.165, 1.54) is 6.92 Å². The van der Waals surface area contributed by atoms with Gasteiger partial charge in [0.05, 0.1) is 19.3 Å². The first kappa shape index (κ1) is 14.1. The van der Waals surface area contributed by atoms with Crippen molar-refractivity contribution < 1.29 is 24.5 Å². The largest absolute Gasteiger partial charge is 0.460 e. The lowest BCUT2D eigenvalue weighted by Gasteiger charge is -2.07. The van der Waals surface area contributed by atoms with Gasteiger partial charge in [-0.2, -0.15) is 0 Å². The predicted molar refractivity (Wildman–Crippen MR) is 54.3 cm³/mol. The molecule has 2 atom stereocenters. The first-order chi connectivity index (χ1) is 6.97. The van der Waals surface area contributed by atoms with Crippen LogP contribution < -0.4 is 0 Å². The standard InChI is InChI=1S/C7H12O4.C3H6O/c1-5(2)7(10)11-4-6(9)3-8;1-3-2-4-3/h6,8-9H,1,3-4H2,2H3;3H,2H2,1H3. The van der Waals surface area contributed by atoms with E-state index < -0.39 is 18.7 Å². The van der Waals surface area contributed by atoms with E-state index >= 15 is 0 Å². The molecule has 0 saturated carbocycles. The monoisotopic (exact) mass is 218 g/mol. The van der Waals surface area contributed by atoms with Crippen LogP contribution in [0.5, 0.6) is 0 Å². The average molecular weight is 218 g/mol. The Bertz CT molecular complexity index is 210. The van der Waals surface area contributed by atoms with Gasteiger partial charge in [-0.25, -0.2) is 4.79 Å². The summed E-state index contributed by atoms with van der Waals surface area (Å²) in [4.78, 5) is 10.6. The zero-order valence-corrected chi connectivity index (χ0v) is 9.10. The van der Waals surface area contributed by atoms with Crippen molar-refractivity contribution in [3.05, 3.63) is 12.2 Å².